The van der Waals surface area contributed by atoms with E-state index in [9.17, 15) is 14.4 Å². The Kier molecular flexibility index (Phi) is 5.76. The number of nitrogens with zero attached hydrogens (tertiary/aromatic N) is 1. The summed E-state index contributed by atoms with van der Waals surface area (Å²) in [5, 5.41) is 0. The lowest BCUT2D eigenvalue weighted by atomic mass is 10.1. The monoisotopic (exact) mass is 349 g/mol. The fourth-order valence-electron chi connectivity index (χ4n) is 2.50. The predicted octanol–water partition coefficient (Wildman–Crippen LogP) is 1.18. The summed E-state index contributed by atoms with van der Waals surface area (Å²) in [6.07, 6.45) is 0. The van der Waals surface area contributed by atoms with Crippen LogP contribution in [0, 0.1) is 6.92 Å². The summed E-state index contributed by atoms with van der Waals surface area (Å²) in [6.45, 7) is 1.72. The van der Waals surface area contributed by atoms with E-state index in [1.807, 2.05) is 0 Å². The molecule has 0 aliphatic carbocycles. The number of methoxy groups -OCH3 is 3. The number of ether oxygens (including phenoxy) is 4. The van der Waals surface area contributed by atoms with Crippen LogP contribution in [-0.4, -0.2) is 52.6 Å². The quantitative estimate of drug-likeness (QED) is 0.591. The number of esters is 3. The van der Waals surface area contributed by atoms with Crippen LogP contribution in [0.3, 0.4) is 0 Å². The van der Waals surface area contributed by atoms with Gasteiger partial charge in [-0.25, -0.2) is 14.4 Å². The smallest absolute Gasteiger partial charge is 0.355 e. The summed E-state index contributed by atoms with van der Waals surface area (Å²) in [4.78, 5) is 37.4. The van der Waals surface area contributed by atoms with Crippen LogP contribution in [0.25, 0.3) is 0 Å². The van der Waals surface area contributed by atoms with E-state index in [4.69, 9.17) is 18.9 Å². The second-order valence-corrected chi connectivity index (χ2v) is 5.21. The van der Waals surface area contributed by atoms with Crippen molar-refractivity contribution in [2.75, 3.05) is 39.6 Å². The molecule has 25 heavy (non-hydrogen) atoms. The molecule has 134 valence electrons. The molecule has 0 radical (unpaired) electrons. The van der Waals surface area contributed by atoms with E-state index in [2.05, 4.69) is 0 Å². The molecule has 2 rings (SSSR count). The lowest BCUT2D eigenvalue weighted by Crippen LogP contribution is -2.38. The predicted molar refractivity (Wildman–Crippen MR) is 86.9 cm³/mol. The van der Waals surface area contributed by atoms with Gasteiger partial charge in [-0.05, 0) is 30.7 Å². The Morgan fingerprint density at radius 3 is 2.20 bits per heavy atom. The maximum atomic E-state index is 12.2. The van der Waals surface area contributed by atoms with Gasteiger partial charge in [-0.15, -0.1) is 0 Å². The molecule has 0 saturated heterocycles. The highest BCUT2D eigenvalue weighted by Gasteiger charge is 2.32. The van der Waals surface area contributed by atoms with Crippen LogP contribution in [0.4, 0.5) is 5.69 Å². The van der Waals surface area contributed by atoms with E-state index in [0.717, 1.165) is 0 Å². The minimum absolute atomic E-state index is 0.0436. The molecule has 0 atom stereocenters. The zero-order valence-corrected chi connectivity index (χ0v) is 14.5. The standard InChI is InChI=1S/C17H19NO7/c1-10-7-11(5-6-12(10)15(19)22-2)18-9-25-8-13(16(20)23-3)14(18)17(21)24-4/h5-7H,8-9H2,1-4H3. The molecule has 1 aromatic rings. The number of hydrogen-bond donors (Lipinski definition) is 0. The van der Waals surface area contributed by atoms with E-state index in [1.54, 1.807) is 25.1 Å². The minimum Gasteiger partial charge on any atom is -0.466 e. The summed E-state index contributed by atoms with van der Waals surface area (Å²) in [5.41, 5.74) is 1.73. The second kappa shape index (κ2) is 7.80. The maximum Gasteiger partial charge on any atom is 0.355 e. The number of aryl methyl sites for hydroxylation is 1. The molecular weight excluding hydrogens is 330 g/mol. The van der Waals surface area contributed by atoms with Gasteiger partial charge in [-0.3, -0.25) is 0 Å². The first-order valence-corrected chi connectivity index (χ1v) is 7.38. The van der Waals surface area contributed by atoms with Crippen LogP contribution in [0.5, 0.6) is 0 Å². The Bertz CT molecular complexity index is 739. The van der Waals surface area contributed by atoms with Gasteiger partial charge >= 0.3 is 17.9 Å². The molecule has 8 nitrogen and oxygen atoms in total. The fourth-order valence-corrected chi connectivity index (χ4v) is 2.50. The minimum atomic E-state index is -0.682. The number of anilines is 1. The second-order valence-electron chi connectivity index (χ2n) is 5.21. The summed E-state index contributed by atoms with van der Waals surface area (Å²) in [7, 11) is 3.75. The molecule has 8 heteroatoms. The average molecular weight is 349 g/mol. The van der Waals surface area contributed by atoms with Gasteiger partial charge < -0.3 is 23.8 Å². The van der Waals surface area contributed by atoms with Crippen LogP contribution < -0.4 is 4.90 Å². The zero-order valence-electron chi connectivity index (χ0n) is 14.5. The Balaban J connectivity index is 2.52. The van der Waals surface area contributed by atoms with E-state index < -0.39 is 17.9 Å². The normalized spacial score (nSPS) is 14.2. The summed E-state index contributed by atoms with van der Waals surface area (Å²) in [6, 6.07) is 4.91. The molecular formula is C17H19NO7. The molecule has 1 heterocycles. The van der Waals surface area contributed by atoms with Crippen LogP contribution in [-0.2, 0) is 28.5 Å². The van der Waals surface area contributed by atoms with Crippen LogP contribution >= 0.6 is 0 Å². The molecule has 1 aromatic carbocycles. The summed E-state index contributed by atoms with van der Waals surface area (Å²) < 4.78 is 19.6. The number of benzene rings is 1. The SMILES string of the molecule is COC(=O)C1=C(C(=O)OC)N(c2ccc(C(=O)OC)c(C)c2)COC1. The topological polar surface area (TPSA) is 91.4 Å². The van der Waals surface area contributed by atoms with Crippen LogP contribution in [0.15, 0.2) is 29.5 Å². The van der Waals surface area contributed by atoms with Gasteiger partial charge in [0.25, 0.3) is 0 Å². The number of carbonyl (C=O) groups excluding carboxylic acids is 3. The molecule has 0 aromatic heterocycles. The molecule has 0 amide bonds. The molecule has 1 aliphatic rings. The van der Waals surface area contributed by atoms with Gasteiger partial charge in [0, 0.05) is 5.69 Å². The van der Waals surface area contributed by atoms with Gasteiger partial charge in [0.1, 0.15) is 12.4 Å². The first kappa shape index (κ1) is 18.5. The van der Waals surface area contributed by atoms with Gasteiger partial charge in [0.2, 0.25) is 0 Å². The van der Waals surface area contributed by atoms with Crippen molar-refractivity contribution in [2.45, 2.75) is 6.92 Å². The number of carbonyl (C=O) groups is 3. The molecule has 0 spiro atoms. The van der Waals surface area contributed by atoms with E-state index in [-0.39, 0.29) is 24.6 Å². The lowest BCUT2D eigenvalue weighted by Gasteiger charge is -2.31. The zero-order chi connectivity index (χ0) is 18.6. The lowest BCUT2D eigenvalue weighted by molar-refractivity contribution is -0.140. The third kappa shape index (κ3) is 3.63. The Morgan fingerprint density at radius 1 is 1.00 bits per heavy atom. The third-order valence-electron chi connectivity index (χ3n) is 3.76. The van der Waals surface area contributed by atoms with Crippen molar-refractivity contribution in [3.63, 3.8) is 0 Å². The molecule has 0 saturated carbocycles. The van der Waals surface area contributed by atoms with E-state index in [1.165, 1.54) is 26.2 Å². The fraction of sp³-hybridized carbons (Fsp3) is 0.353. The van der Waals surface area contributed by atoms with Crippen molar-refractivity contribution < 1.29 is 33.3 Å². The van der Waals surface area contributed by atoms with Crippen molar-refractivity contribution in [3.8, 4) is 0 Å². The summed E-state index contributed by atoms with van der Waals surface area (Å²) in [5.74, 6) is -1.82. The largest absolute Gasteiger partial charge is 0.466 e. The molecule has 1 aliphatic heterocycles. The highest BCUT2D eigenvalue weighted by atomic mass is 16.5. The third-order valence-corrected chi connectivity index (χ3v) is 3.76. The number of hydrogen-bond acceptors (Lipinski definition) is 8. The Labute approximate surface area is 144 Å². The first-order valence-electron chi connectivity index (χ1n) is 7.38. The van der Waals surface area contributed by atoms with Crippen molar-refractivity contribution in [2.24, 2.45) is 0 Å². The van der Waals surface area contributed by atoms with Gasteiger partial charge in [-0.2, -0.15) is 0 Å². The highest BCUT2D eigenvalue weighted by Crippen LogP contribution is 2.28. The van der Waals surface area contributed by atoms with Crippen molar-refractivity contribution in [1.29, 1.82) is 0 Å². The van der Waals surface area contributed by atoms with Crippen molar-refractivity contribution in [1.82, 2.24) is 0 Å². The summed E-state index contributed by atoms with van der Waals surface area (Å²) >= 11 is 0. The van der Waals surface area contributed by atoms with Gasteiger partial charge in [0.15, 0.2) is 0 Å². The Morgan fingerprint density at radius 2 is 1.64 bits per heavy atom. The molecule has 0 bridgehead atoms. The van der Waals surface area contributed by atoms with E-state index in [0.29, 0.717) is 16.8 Å². The number of rotatable bonds is 4. The van der Waals surface area contributed by atoms with Crippen LogP contribution in [0.1, 0.15) is 15.9 Å². The van der Waals surface area contributed by atoms with E-state index >= 15 is 0 Å². The first-order chi connectivity index (χ1) is 11.9. The molecule has 0 N–H and O–H groups in total. The van der Waals surface area contributed by atoms with Crippen LogP contribution in [0.2, 0.25) is 0 Å². The molecule has 0 unspecified atom stereocenters. The Hall–Kier alpha value is -2.87. The maximum absolute atomic E-state index is 12.2. The van der Waals surface area contributed by atoms with Crippen molar-refractivity contribution in [3.05, 3.63) is 40.6 Å². The highest BCUT2D eigenvalue weighted by molar-refractivity contribution is 6.03. The van der Waals surface area contributed by atoms with Crippen molar-refractivity contribution >= 4 is 23.6 Å². The van der Waals surface area contributed by atoms with Gasteiger partial charge in [-0.1, -0.05) is 0 Å². The molecule has 0 fully saturated rings. The van der Waals surface area contributed by atoms with Gasteiger partial charge in [0.05, 0.1) is 39.1 Å². The average Bonchev–Trinajstić information content (AvgIpc) is 2.65.